The van der Waals surface area contributed by atoms with E-state index in [0.717, 1.165) is 35.3 Å². The van der Waals surface area contributed by atoms with E-state index in [9.17, 15) is 14.4 Å². The van der Waals surface area contributed by atoms with Crippen molar-refractivity contribution < 1.29 is 23.9 Å². The molecule has 1 aliphatic heterocycles. The van der Waals surface area contributed by atoms with Gasteiger partial charge in [-0.1, -0.05) is 25.1 Å². The van der Waals surface area contributed by atoms with Gasteiger partial charge in [-0.25, -0.2) is 9.59 Å². The standard InChI is InChI=1S/C23H25NO5S/c1-4-28-21(26)18-16-10-9-13(2)11-17(16)30-19(18)24-22(27)23(3)12-14-7-5-6-8-15(14)20(25)29-23/h5-8,13H,4,9-12H2,1-3H3,(H,24,27)/t13-,23+/m0/s1. The zero-order valence-electron chi connectivity index (χ0n) is 17.4. The lowest BCUT2D eigenvalue weighted by Gasteiger charge is -2.32. The summed E-state index contributed by atoms with van der Waals surface area (Å²) in [5.74, 6) is -0.846. The Bertz CT molecular complexity index is 1030. The zero-order chi connectivity index (χ0) is 21.5. The summed E-state index contributed by atoms with van der Waals surface area (Å²) in [5, 5.41) is 3.37. The SMILES string of the molecule is CCOC(=O)c1c(NC(=O)[C@@]2(C)Cc3ccccc3C(=O)O2)sc2c1CC[C@H](C)C2. The maximum absolute atomic E-state index is 13.2. The number of hydrogen-bond donors (Lipinski definition) is 1. The average Bonchev–Trinajstić information content (AvgIpc) is 3.05. The van der Waals surface area contributed by atoms with Crippen LogP contribution in [-0.4, -0.2) is 30.1 Å². The molecule has 0 fully saturated rings. The number of nitrogens with one attached hydrogen (secondary N) is 1. The molecule has 0 saturated heterocycles. The van der Waals surface area contributed by atoms with Gasteiger partial charge >= 0.3 is 11.9 Å². The lowest BCUT2D eigenvalue weighted by atomic mass is 9.88. The fraction of sp³-hybridized carbons (Fsp3) is 0.435. The first-order chi connectivity index (χ1) is 14.3. The molecule has 1 aromatic carbocycles. The number of anilines is 1. The Kier molecular flexibility index (Phi) is 5.40. The lowest BCUT2D eigenvalue weighted by Crippen LogP contribution is -2.48. The van der Waals surface area contributed by atoms with Gasteiger partial charge in [-0.15, -0.1) is 11.3 Å². The summed E-state index contributed by atoms with van der Waals surface area (Å²) in [6, 6.07) is 7.13. The molecular weight excluding hydrogens is 402 g/mol. The first-order valence-electron chi connectivity index (χ1n) is 10.3. The highest BCUT2D eigenvalue weighted by Crippen LogP contribution is 2.41. The number of carbonyl (C=O) groups excluding carboxylic acids is 3. The highest BCUT2D eigenvalue weighted by atomic mass is 32.1. The molecule has 1 amide bonds. The summed E-state index contributed by atoms with van der Waals surface area (Å²) >= 11 is 1.42. The number of ether oxygens (including phenoxy) is 2. The Morgan fingerprint density at radius 2 is 2.10 bits per heavy atom. The van der Waals surface area contributed by atoms with Gasteiger partial charge in [0.2, 0.25) is 0 Å². The van der Waals surface area contributed by atoms with E-state index in [1.807, 2.05) is 12.1 Å². The average molecular weight is 428 g/mol. The van der Waals surface area contributed by atoms with Crippen LogP contribution in [-0.2, 0) is 33.5 Å². The maximum Gasteiger partial charge on any atom is 0.341 e. The number of hydrogen-bond acceptors (Lipinski definition) is 6. The van der Waals surface area contributed by atoms with Gasteiger partial charge < -0.3 is 14.8 Å². The van der Waals surface area contributed by atoms with Crippen LogP contribution in [0.3, 0.4) is 0 Å². The highest BCUT2D eigenvalue weighted by Gasteiger charge is 2.43. The molecule has 158 valence electrons. The predicted molar refractivity (Wildman–Crippen MR) is 114 cm³/mol. The zero-order valence-corrected chi connectivity index (χ0v) is 18.2. The van der Waals surface area contributed by atoms with E-state index in [1.54, 1.807) is 26.0 Å². The van der Waals surface area contributed by atoms with Crippen molar-refractivity contribution in [3.05, 3.63) is 51.4 Å². The third-order valence-electron chi connectivity index (χ3n) is 5.78. The van der Waals surface area contributed by atoms with Gasteiger partial charge in [-0.3, -0.25) is 4.79 Å². The maximum atomic E-state index is 13.2. The van der Waals surface area contributed by atoms with Gasteiger partial charge in [0.15, 0.2) is 5.60 Å². The Labute approximate surface area is 179 Å². The summed E-state index contributed by atoms with van der Waals surface area (Å²) in [5.41, 5.74) is 1.33. The van der Waals surface area contributed by atoms with Crippen LogP contribution in [0.15, 0.2) is 24.3 Å². The number of fused-ring (bicyclic) bond motifs is 2. The van der Waals surface area contributed by atoms with E-state index in [2.05, 4.69) is 12.2 Å². The molecule has 6 nitrogen and oxygen atoms in total. The van der Waals surface area contributed by atoms with Gasteiger partial charge in [-0.05, 0) is 56.2 Å². The molecule has 30 heavy (non-hydrogen) atoms. The molecule has 2 aromatic rings. The molecule has 7 heteroatoms. The van der Waals surface area contributed by atoms with Crippen LogP contribution in [0.4, 0.5) is 5.00 Å². The molecular formula is C23H25NO5S. The first-order valence-corrected chi connectivity index (χ1v) is 11.1. The van der Waals surface area contributed by atoms with Crippen LogP contribution < -0.4 is 5.32 Å². The Hall–Kier alpha value is -2.67. The minimum Gasteiger partial charge on any atom is -0.462 e. The second-order valence-corrected chi connectivity index (χ2v) is 9.29. The molecule has 2 atom stereocenters. The number of carbonyl (C=O) groups is 3. The fourth-order valence-corrected chi connectivity index (χ4v) is 5.55. The van der Waals surface area contributed by atoms with Gasteiger partial charge in [0.05, 0.1) is 17.7 Å². The van der Waals surface area contributed by atoms with Gasteiger partial charge in [0.25, 0.3) is 5.91 Å². The minimum atomic E-state index is -1.35. The Balaban J connectivity index is 1.65. The van der Waals surface area contributed by atoms with Crippen LogP contribution in [0.25, 0.3) is 0 Å². The number of cyclic esters (lactones) is 1. The normalized spacial score (nSPS) is 22.5. The van der Waals surface area contributed by atoms with Crippen molar-refractivity contribution in [1.82, 2.24) is 0 Å². The van der Waals surface area contributed by atoms with Crippen molar-refractivity contribution in [1.29, 1.82) is 0 Å². The van der Waals surface area contributed by atoms with Gasteiger partial charge in [-0.2, -0.15) is 0 Å². The third kappa shape index (κ3) is 3.62. The van der Waals surface area contributed by atoms with E-state index >= 15 is 0 Å². The monoisotopic (exact) mass is 427 g/mol. The van der Waals surface area contributed by atoms with E-state index < -0.39 is 23.4 Å². The van der Waals surface area contributed by atoms with E-state index in [4.69, 9.17) is 9.47 Å². The van der Waals surface area contributed by atoms with Crippen LogP contribution >= 0.6 is 11.3 Å². The molecule has 0 radical (unpaired) electrons. The van der Waals surface area contributed by atoms with Crippen LogP contribution in [0.1, 0.15) is 63.9 Å². The number of rotatable bonds is 4. The largest absolute Gasteiger partial charge is 0.462 e. The summed E-state index contributed by atoms with van der Waals surface area (Å²) in [6.07, 6.45) is 2.94. The minimum absolute atomic E-state index is 0.263. The molecule has 4 rings (SSSR count). The molecule has 0 unspecified atom stereocenters. The molecule has 1 aromatic heterocycles. The third-order valence-corrected chi connectivity index (χ3v) is 6.95. The number of thiophene rings is 1. The summed E-state index contributed by atoms with van der Waals surface area (Å²) in [6.45, 7) is 5.82. The second-order valence-electron chi connectivity index (χ2n) is 8.18. The Morgan fingerprint density at radius 3 is 2.87 bits per heavy atom. The summed E-state index contributed by atoms with van der Waals surface area (Å²) in [7, 11) is 0. The summed E-state index contributed by atoms with van der Waals surface area (Å²) < 4.78 is 10.8. The van der Waals surface area contributed by atoms with Crippen molar-refractivity contribution in [2.24, 2.45) is 5.92 Å². The van der Waals surface area contributed by atoms with Crippen molar-refractivity contribution in [3.8, 4) is 0 Å². The molecule has 2 aliphatic rings. The highest BCUT2D eigenvalue weighted by molar-refractivity contribution is 7.17. The summed E-state index contributed by atoms with van der Waals surface area (Å²) in [4.78, 5) is 39.5. The molecule has 0 spiro atoms. The van der Waals surface area contributed by atoms with Gasteiger partial charge in [0.1, 0.15) is 5.00 Å². The van der Waals surface area contributed by atoms with E-state index in [-0.39, 0.29) is 13.0 Å². The molecule has 0 saturated carbocycles. The quantitative estimate of drug-likeness (QED) is 0.741. The van der Waals surface area contributed by atoms with Crippen LogP contribution in [0.5, 0.6) is 0 Å². The van der Waals surface area contributed by atoms with Gasteiger partial charge in [0, 0.05) is 11.3 Å². The molecule has 1 N–H and O–H groups in total. The first kappa shape index (κ1) is 20.6. The topological polar surface area (TPSA) is 81.7 Å². The van der Waals surface area contributed by atoms with Crippen molar-refractivity contribution in [2.75, 3.05) is 11.9 Å². The lowest BCUT2D eigenvalue weighted by molar-refractivity contribution is -0.134. The van der Waals surface area contributed by atoms with Crippen LogP contribution in [0, 0.1) is 5.92 Å². The number of amides is 1. The van der Waals surface area contributed by atoms with E-state index in [0.29, 0.717) is 22.0 Å². The molecule has 1 aliphatic carbocycles. The Morgan fingerprint density at radius 1 is 1.33 bits per heavy atom. The van der Waals surface area contributed by atoms with Crippen molar-refractivity contribution >= 4 is 34.2 Å². The molecule has 0 bridgehead atoms. The number of benzene rings is 1. The van der Waals surface area contributed by atoms with Crippen LogP contribution in [0.2, 0.25) is 0 Å². The fourth-order valence-electron chi connectivity index (χ4n) is 4.15. The smallest absolute Gasteiger partial charge is 0.341 e. The molecule has 2 heterocycles. The van der Waals surface area contributed by atoms with Crippen molar-refractivity contribution in [3.63, 3.8) is 0 Å². The number of esters is 2. The second kappa shape index (κ2) is 7.87. The predicted octanol–water partition coefficient (Wildman–Crippen LogP) is 4.16. The van der Waals surface area contributed by atoms with Crippen molar-refractivity contribution in [2.45, 2.75) is 52.1 Å². The van der Waals surface area contributed by atoms with E-state index in [1.165, 1.54) is 11.3 Å².